The maximum atomic E-state index is 12.2. The topological polar surface area (TPSA) is 93.4 Å². The van der Waals surface area contributed by atoms with E-state index in [1.54, 1.807) is 31.4 Å². The SMILES string of the molecule is COc1ccccc1C(C)NC(=O)CNc1ccccc1C(N)=O. The van der Waals surface area contributed by atoms with Crippen molar-refractivity contribution in [3.05, 3.63) is 59.7 Å². The van der Waals surface area contributed by atoms with Crippen molar-refractivity contribution in [3.63, 3.8) is 0 Å². The van der Waals surface area contributed by atoms with E-state index in [9.17, 15) is 9.59 Å². The Morgan fingerprint density at radius 3 is 2.50 bits per heavy atom. The number of nitrogens with two attached hydrogens (primary N) is 1. The molecule has 6 heteroatoms. The highest BCUT2D eigenvalue weighted by Crippen LogP contribution is 2.24. The van der Waals surface area contributed by atoms with Crippen LogP contribution in [0.3, 0.4) is 0 Å². The lowest BCUT2D eigenvalue weighted by atomic mass is 10.1. The molecule has 1 unspecified atom stereocenters. The number of nitrogens with one attached hydrogen (secondary N) is 2. The lowest BCUT2D eigenvalue weighted by Crippen LogP contribution is -2.32. The standard InChI is InChI=1S/C18H21N3O3/c1-12(13-7-4-6-10-16(13)24-2)21-17(22)11-20-15-9-5-3-8-14(15)18(19)23/h3-10,12,20H,11H2,1-2H3,(H2,19,23)(H,21,22). The third kappa shape index (κ3) is 4.25. The summed E-state index contributed by atoms with van der Waals surface area (Å²) in [6.45, 7) is 1.91. The van der Waals surface area contributed by atoms with E-state index in [0.717, 1.165) is 11.3 Å². The average molecular weight is 327 g/mol. The number of primary amides is 1. The van der Waals surface area contributed by atoms with Crippen molar-refractivity contribution < 1.29 is 14.3 Å². The van der Waals surface area contributed by atoms with Crippen molar-refractivity contribution >= 4 is 17.5 Å². The molecule has 0 aliphatic rings. The number of hydrogen-bond acceptors (Lipinski definition) is 4. The smallest absolute Gasteiger partial charge is 0.250 e. The van der Waals surface area contributed by atoms with Crippen molar-refractivity contribution in [1.82, 2.24) is 5.32 Å². The van der Waals surface area contributed by atoms with Gasteiger partial charge in [-0.15, -0.1) is 0 Å². The summed E-state index contributed by atoms with van der Waals surface area (Å²) in [5, 5.41) is 5.83. The second-order valence-electron chi connectivity index (χ2n) is 5.29. The van der Waals surface area contributed by atoms with Gasteiger partial charge in [-0.2, -0.15) is 0 Å². The predicted octanol–water partition coefficient (Wildman–Crippen LogP) is 2.08. The summed E-state index contributed by atoms with van der Waals surface area (Å²) in [4.78, 5) is 23.5. The molecule has 2 aromatic rings. The van der Waals surface area contributed by atoms with Gasteiger partial charge in [0.05, 0.1) is 25.3 Å². The monoisotopic (exact) mass is 327 g/mol. The summed E-state index contributed by atoms with van der Waals surface area (Å²) in [7, 11) is 1.59. The minimum Gasteiger partial charge on any atom is -0.496 e. The van der Waals surface area contributed by atoms with Gasteiger partial charge in [-0.1, -0.05) is 30.3 Å². The van der Waals surface area contributed by atoms with E-state index in [2.05, 4.69) is 10.6 Å². The van der Waals surface area contributed by atoms with Crippen molar-refractivity contribution in [2.75, 3.05) is 19.0 Å². The number of amides is 2. The first-order valence-electron chi connectivity index (χ1n) is 7.58. The van der Waals surface area contributed by atoms with Crippen LogP contribution in [0.4, 0.5) is 5.69 Å². The maximum absolute atomic E-state index is 12.2. The quantitative estimate of drug-likeness (QED) is 0.726. The van der Waals surface area contributed by atoms with Crippen LogP contribution in [-0.2, 0) is 4.79 Å². The average Bonchev–Trinajstić information content (AvgIpc) is 2.60. The second-order valence-corrected chi connectivity index (χ2v) is 5.29. The molecule has 24 heavy (non-hydrogen) atoms. The molecule has 2 aromatic carbocycles. The molecule has 6 nitrogen and oxygen atoms in total. The highest BCUT2D eigenvalue weighted by atomic mass is 16.5. The van der Waals surface area contributed by atoms with Gasteiger partial charge >= 0.3 is 0 Å². The Labute approximate surface area is 141 Å². The molecule has 0 aromatic heterocycles. The number of ether oxygens (including phenoxy) is 1. The van der Waals surface area contributed by atoms with Crippen LogP contribution >= 0.6 is 0 Å². The predicted molar refractivity (Wildman–Crippen MR) is 93.0 cm³/mol. The number of methoxy groups -OCH3 is 1. The van der Waals surface area contributed by atoms with Gasteiger partial charge in [0, 0.05) is 11.3 Å². The van der Waals surface area contributed by atoms with Gasteiger partial charge < -0.3 is 21.1 Å². The fraction of sp³-hybridized carbons (Fsp3) is 0.222. The lowest BCUT2D eigenvalue weighted by Gasteiger charge is -2.18. The van der Waals surface area contributed by atoms with E-state index in [0.29, 0.717) is 11.3 Å². The van der Waals surface area contributed by atoms with Gasteiger partial charge in [0.1, 0.15) is 5.75 Å². The zero-order valence-corrected chi connectivity index (χ0v) is 13.7. The molecule has 4 N–H and O–H groups in total. The van der Waals surface area contributed by atoms with Crippen LogP contribution in [0.25, 0.3) is 0 Å². The minimum atomic E-state index is -0.541. The molecule has 0 bridgehead atoms. The Kier molecular flexibility index (Phi) is 5.78. The summed E-state index contributed by atoms with van der Waals surface area (Å²) >= 11 is 0. The molecule has 0 aliphatic heterocycles. The van der Waals surface area contributed by atoms with E-state index in [1.165, 1.54) is 0 Å². The van der Waals surface area contributed by atoms with Crippen molar-refractivity contribution in [1.29, 1.82) is 0 Å². The molecule has 0 fully saturated rings. The highest BCUT2D eigenvalue weighted by Gasteiger charge is 2.14. The van der Waals surface area contributed by atoms with E-state index in [-0.39, 0.29) is 18.5 Å². The van der Waals surface area contributed by atoms with Crippen LogP contribution in [0, 0.1) is 0 Å². The van der Waals surface area contributed by atoms with E-state index < -0.39 is 5.91 Å². The molecule has 1 atom stereocenters. The van der Waals surface area contributed by atoms with Crippen LogP contribution in [-0.4, -0.2) is 25.5 Å². The van der Waals surface area contributed by atoms with E-state index in [1.807, 2.05) is 31.2 Å². The van der Waals surface area contributed by atoms with E-state index >= 15 is 0 Å². The zero-order chi connectivity index (χ0) is 17.5. The van der Waals surface area contributed by atoms with Gasteiger partial charge in [-0.25, -0.2) is 0 Å². The molecule has 0 radical (unpaired) electrons. The number of rotatable bonds is 7. The first-order valence-corrected chi connectivity index (χ1v) is 7.58. The normalized spacial score (nSPS) is 11.4. The summed E-state index contributed by atoms with van der Waals surface area (Å²) in [6, 6.07) is 14.1. The van der Waals surface area contributed by atoms with Crippen molar-refractivity contribution in [3.8, 4) is 5.75 Å². The fourth-order valence-electron chi connectivity index (χ4n) is 2.42. The molecule has 126 valence electrons. The Morgan fingerprint density at radius 1 is 1.12 bits per heavy atom. The second kappa shape index (κ2) is 8.01. The first kappa shape index (κ1) is 17.3. The fourth-order valence-corrected chi connectivity index (χ4v) is 2.42. The van der Waals surface area contributed by atoms with Crippen molar-refractivity contribution in [2.45, 2.75) is 13.0 Å². The Balaban J connectivity index is 1.98. The van der Waals surface area contributed by atoms with Crippen LogP contribution in [0.5, 0.6) is 5.75 Å². The van der Waals surface area contributed by atoms with E-state index in [4.69, 9.17) is 10.5 Å². The number of hydrogen-bond donors (Lipinski definition) is 3. The first-order chi connectivity index (χ1) is 11.5. The minimum absolute atomic E-state index is 0.0315. The molecule has 0 saturated heterocycles. The lowest BCUT2D eigenvalue weighted by molar-refractivity contribution is -0.120. The summed E-state index contributed by atoms with van der Waals surface area (Å²) < 4.78 is 5.30. The molecular weight excluding hydrogens is 306 g/mol. The molecule has 0 heterocycles. The Morgan fingerprint density at radius 2 is 1.79 bits per heavy atom. The molecular formula is C18H21N3O3. The zero-order valence-electron chi connectivity index (χ0n) is 13.7. The number of benzene rings is 2. The van der Waals surface area contributed by atoms with Crippen LogP contribution in [0.15, 0.2) is 48.5 Å². The number of carbonyl (C=O) groups is 2. The van der Waals surface area contributed by atoms with Gasteiger partial charge in [0.15, 0.2) is 0 Å². The molecule has 0 aliphatic carbocycles. The number of anilines is 1. The summed E-state index contributed by atoms with van der Waals surface area (Å²) in [5.41, 5.74) is 7.09. The van der Waals surface area contributed by atoms with Gasteiger partial charge in [0.25, 0.3) is 5.91 Å². The Hall–Kier alpha value is -3.02. The van der Waals surface area contributed by atoms with Gasteiger partial charge in [-0.05, 0) is 25.1 Å². The molecule has 2 rings (SSSR count). The molecule has 0 saturated carbocycles. The number of carbonyl (C=O) groups excluding carboxylic acids is 2. The summed E-state index contributed by atoms with van der Waals surface area (Å²) in [5.74, 6) is -0.0223. The largest absolute Gasteiger partial charge is 0.496 e. The maximum Gasteiger partial charge on any atom is 0.250 e. The van der Waals surface area contributed by atoms with Crippen LogP contribution in [0.2, 0.25) is 0 Å². The molecule has 2 amide bonds. The van der Waals surface area contributed by atoms with Crippen LogP contribution < -0.4 is 21.1 Å². The van der Waals surface area contributed by atoms with Crippen LogP contribution in [0.1, 0.15) is 28.9 Å². The third-order valence-electron chi connectivity index (χ3n) is 3.61. The van der Waals surface area contributed by atoms with Gasteiger partial charge in [0.2, 0.25) is 5.91 Å². The van der Waals surface area contributed by atoms with Crippen molar-refractivity contribution in [2.24, 2.45) is 5.73 Å². The highest BCUT2D eigenvalue weighted by molar-refractivity contribution is 5.99. The third-order valence-corrected chi connectivity index (χ3v) is 3.61. The van der Waals surface area contributed by atoms with Gasteiger partial charge in [-0.3, -0.25) is 9.59 Å². The Bertz CT molecular complexity index is 731. The molecule has 0 spiro atoms. The summed E-state index contributed by atoms with van der Waals surface area (Å²) in [6.07, 6.45) is 0. The number of para-hydroxylation sites is 2.